The lowest BCUT2D eigenvalue weighted by atomic mass is 10.2. The van der Waals surface area contributed by atoms with Gasteiger partial charge >= 0.3 is 0 Å². The molecule has 2 N–H and O–H groups in total. The summed E-state index contributed by atoms with van der Waals surface area (Å²) >= 11 is 0. The van der Waals surface area contributed by atoms with E-state index in [1.807, 2.05) is 0 Å². The fourth-order valence-corrected chi connectivity index (χ4v) is 1.76. The summed E-state index contributed by atoms with van der Waals surface area (Å²) < 4.78 is 5.07. The van der Waals surface area contributed by atoms with E-state index >= 15 is 0 Å². The highest BCUT2D eigenvalue weighted by Gasteiger charge is 2.18. The van der Waals surface area contributed by atoms with Crippen molar-refractivity contribution in [2.75, 3.05) is 0 Å². The molecule has 0 saturated carbocycles. The minimum atomic E-state index is -0.140. The van der Waals surface area contributed by atoms with E-state index in [-0.39, 0.29) is 28.8 Å². The normalized spacial score (nSPS) is 10.7. The standard InChI is InChI=1S/C13H10N4O3/c1-7-14-6-5-8(15-7)12-16-13(20-17-12)11-9(18)3-2-4-10(11)19/h2-6,18-19H,1H3. The van der Waals surface area contributed by atoms with Crippen molar-refractivity contribution < 1.29 is 14.7 Å². The van der Waals surface area contributed by atoms with Crippen LogP contribution in [0.25, 0.3) is 23.0 Å². The molecular formula is C13H10N4O3. The third-order valence-corrected chi connectivity index (χ3v) is 2.67. The van der Waals surface area contributed by atoms with Crippen LogP contribution in [0, 0.1) is 6.92 Å². The van der Waals surface area contributed by atoms with Gasteiger partial charge in [-0.1, -0.05) is 11.2 Å². The molecule has 0 bridgehead atoms. The molecule has 20 heavy (non-hydrogen) atoms. The van der Waals surface area contributed by atoms with Gasteiger partial charge in [0.2, 0.25) is 5.82 Å². The van der Waals surface area contributed by atoms with Crippen LogP contribution in [-0.4, -0.2) is 30.3 Å². The summed E-state index contributed by atoms with van der Waals surface area (Å²) in [6.45, 7) is 1.75. The molecule has 0 aliphatic rings. The lowest BCUT2D eigenvalue weighted by Gasteiger charge is -2.00. The number of aromatic nitrogens is 4. The summed E-state index contributed by atoms with van der Waals surface area (Å²) in [4.78, 5) is 12.3. The highest BCUT2D eigenvalue weighted by Crippen LogP contribution is 2.36. The first-order valence-electron chi connectivity index (χ1n) is 5.80. The SMILES string of the molecule is Cc1nccc(-c2noc(-c3c(O)cccc3O)n2)n1. The number of hydrogen-bond acceptors (Lipinski definition) is 7. The van der Waals surface area contributed by atoms with Gasteiger partial charge in [0.05, 0.1) is 0 Å². The van der Waals surface area contributed by atoms with Crippen molar-refractivity contribution >= 4 is 0 Å². The van der Waals surface area contributed by atoms with Crippen molar-refractivity contribution in [3.63, 3.8) is 0 Å². The summed E-state index contributed by atoms with van der Waals surface area (Å²) in [7, 11) is 0. The van der Waals surface area contributed by atoms with Gasteiger partial charge in [-0.15, -0.1) is 0 Å². The Kier molecular flexibility index (Phi) is 2.79. The minimum absolute atomic E-state index is 0.0202. The average molecular weight is 270 g/mol. The number of phenols is 2. The van der Waals surface area contributed by atoms with Gasteiger partial charge in [0.1, 0.15) is 28.6 Å². The van der Waals surface area contributed by atoms with Crippen LogP contribution in [0.3, 0.4) is 0 Å². The molecular weight excluding hydrogens is 260 g/mol. The minimum Gasteiger partial charge on any atom is -0.507 e. The monoisotopic (exact) mass is 270 g/mol. The van der Waals surface area contributed by atoms with E-state index in [1.165, 1.54) is 18.2 Å². The second-order valence-electron chi connectivity index (χ2n) is 4.08. The van der Waals surface area contributed by atoms with Crippen molar-refractivity contribution in [1.29, 1.82) is 0 Å². The zero-order valence-corrected chi connectivity index (χ0v) is 10.5. The Hall–Kier alpha value is -2.96. The van der Waals surface area contributed by atoms with Crippen molar-refractivity contribution in [2.24, 2.45) is 0 Å². The van der Waals surface area contributed by atoms with Crippen LogP contribution in [0.15, 0.2) is 35.0 Å². The number of nitrogens with zero attached hydrogens (tertiary/aromatic N) is 4. The van der Waals surface area contributed by atoms with Gasteiger partial charge in [-0.2, -0.15) is 4.98 Å². The second-order valence-corrected chi connectivity index (χ2v) is 4.08. The van der Waals surface area contributed by atoms with Gasteiger partial charge in [0.25, 0.3) is 5.89 Å². The maximum Gasteiger partial charge on any atom is 0.265 e. The van der Waals surface area contributed by atoms with Crippen LogP contribution in [0.1, 0.15) is 5.82 Å². The highest BCUT2D eigenvalue weighted by molar-refractivity contribution is 5.70. The quantitative estimate of drug-likeness (QED) is 0.732. The average Bonchev–Trinajstić information content (AvgIpc) is 2.88. The number of aryl methyl sites for hydroxylation is 1. The molecule has 2 heterocycles. The van der Waals surface area contributed by atoms with E-state index in [2.05, 4.69) is 20.1 Å². The van der Waals surface area contributed by atoms with Crippen LogP contribution >= 0.6 is 0 Å². The maximum atomic E-state index is 9.76. The van der Waals surface area contributed by atoms with Crippen LogP contribution in [0.2, 0.25) is 0 Å². The van der Waals surface area contributed by atoms with Crippen molar-refractivity contribution in [2.45, 2.75) is 6.92 Å². The first kappa shape index (κ1) is 12.1. The molecule has 0 atom stereocenters. The number of aromatic hydroxyl groups is 2. The molecule has 0 unspecified atom stereocenters. The van der Waals surface area contributed by atoms with Gasteiger partial charge < -0.3 is 14.7 Å². The Balaban J connectivity index is 2.07. The van der Waals surface area contributed by atoms with Gasteiger partial charge in [-0.3, -0.25) is 0 Å². The highest BCUT2D eigenvalue weighted by atomic mass is 16.5. The molecule has 100 valence electrons. The van der Waals surface area contributed by atoms with Crippen LogP contribution < -0.4 is 0 Å². The van der Waals surface area contributed by atoms with Crippen LogP contribution in [0.5, 0.6) is 11.5 Å². The van der Waals surface area contributed by atoms with Gasteiger partial charge in [-0.05, 0) is 25.1 Å². The second kappa shape index (κ2) is 4.61. The topological polar surface area (TPSA) is 105 Å². The van der Waals surface area contributed by atoms with E-state index in [0.717, 1.165) is 0 Å². The fraction of sp³-hybridized carbons (Fsp3) is 0.0769. The van der Waals surface area contributed by atoms with Crippen molar-refractivity contribution in [3.8, 4) is 34.5 Å². The van der Waals surface area contributed by atoms with E-state index in [4.69, 9.17) is 4.52 Å². The Labute approximate surface area is 113 Å². The van der Waals surface area contributed by atoms with Crippen LogP contribution in [0.4, 0.5) is 0 Å². The molecule has 3 aromatic rings. The molecule has 0 aliphatic heterocycles. The molecule has 0 fully saturated rings. The Morgan fingerprint density at radius 3 is 2.50 bits per heavy atom. The summed E-state index contributed by atoms with van der Waals surface area (Å²) in [6, 6.07) is 6.01. The van der Waals surface area contributed by atoms with E-state index in [1.54, 1.807) is 19.2 Å². The Bertz CT molecular complexity index is 750. The lowest BCUT2D eigenvalue weighted by Crippen LogP contribution is -1.91. The van der Waals surface area contributed by atoms with E-state index < -0.39 is 0 Å². The zero-order chi connectivity index (χ0) is 14.1. The van der Waals surface area contributed by atoms with Gasteiger partial charge in [-0.25, -0.2) is 9.97 Å². The maximum absolute atomic E-state index is 9.76. The molecule has 0 aliphatic carbocycles. The Morgan fingerprint density at radius 1 is 1.05 bits per heavy atom. The summed E-state index contributed by atoms with van der Waals surface area (Å²) in [5.41, 5.74) is 0.597. The molecule has 0 radical (unpaired) electrons. The van der Waals surface area contributed by atoms with E-state index in [0.29, 0.717) is 11.5 Å². The number of phenolic OH excluding ortho intramolecular Hbond substituents is 2. The predicted molar refractivity (Wildman–Crippen MR) is 68.8 cm³/mol. The first-order valence-corrected chi connectivity index (χ1v) is 5.80. The summed E-state index contributed by atoms with van der Waals surface area (Å²) in [6.07, 6.45) is 1.59. The molecule has 3 rings (SSSR count). The zero-order valence-electron chi connectivity index (χ0n) is 10.5. The summed E-state index contributed by atoms with van der Waals surface area (Å²) in [5.74, 6) is 0.581. The smallest absolute Gasteiger partial charge is 0.265 e. The fourth-order valence-electron chi connectivity index (χ4n) is 1.76. The largest absolute Gasteiger partial charge is 0.507 e. The third-order valence-electron chi connectivity index (χ3n) is 2.67. The summed E-state index contributed by atoms with van der Waals surface area (Å²) in [5, 5.41) is 23.3. The van der Waals surface area contributed by atoms with Crippen LogP contribution in [-0.2, 0) is 0 Å². The van der Waals surface area contributed by atoms with Crippen molar-refractivity contribution in [3.05, 3.63) is 36.3 Å². The lowest BCUT2D eigenvalue weighted by molar-refractivity contribution is 0.416. The Morgan fingerprint density at radius 2 is 1.80 bits per heavy atom. The third kappa shape index (κ3) is 2.05. The number of benzene rings is 1. The first-order chi connectivity index (χ1) is 9.65. The molecule has 7 nitrogen and oxygen atoms in total. The molecule has 2 aromatic heterocycles. The van der Waals surface area contributed by atoms with Crippen molar-refractivity contribution in [1.82, 2.24) is 20.1 Å². The molecule has 1 aromatic carbocycles. The molecule has 7 heteroatoms. The van der Waals surface area contributed by atoms with Gasteiger partial charge in [0, 0.05) is 6.20 Å². The van der Waals surface area contributed by atoms with Gasteiger partial charge in [0.15, 0.2) is 0 Å². The number of rotatable bonds is 2. The molecule has 0 saturated heterocycles. The van der Waals surface area contributed by atoms with E-state index in [9.17, 15) is 10.2 Å². The molecule has 0 spiro atoms. The number of hydrogen-bond donors (Lipinski definition) is 2. The predicted octanol–water partition coefficient (Wildman–Crippen LogP) is 1.91. The molecule has 0 amide bonds.